The Bertz CT molecular complexity index is 209. The Balaban J connectivity index is 2.23. The van der Waals surface area contributed by atoms with Crippen LogP contribution in [0.25, 0.3) is 0 Å². The molecule has 0 aliphatic carbocycles. The standard InChI is InChI=1S/C11H22N2O2/c1-8(7-15-3)6-13-11(14)10-4-5-12-9(10)2/h8-10,12H,4-7H2,1-3H3,(H,13,14). The van der Waals surface area contributed by atoms with Crippen LogP contribution in [0.5, 0.6) is 0 Å². The minimum atomic E-state index is 0.139. The van der Waals surface area contributed by atoms with Crippen LogP contribution in [0.15, 0.2) is 0 Å². The maximum absolute atomic E-state index is 11.8. The van der Waals surface area contributed by atoms with E-state index in [0.717, 1.165) is 13.0 Å². The van der Waals surface area contributed by atoms with Crippen LogP contribution in [-0.2, 0) is 9.53 Å². The molecule has 2 N–H and O–H groups in total. The SMILES string of the molecule is COCC(C)CNC(=O)C1CCNC1C. The number of rotatable bonds is 5. The first-order valence-corrected chi connectivity index (χ1v) is 5.65. The van der Waals surface area contributed by atoms with Gasteiger partial charge in [0, 0.05) is 19.7 Å². The zero-order valence-electron chi connectivity index (χ0n) is 9.88. The number of amides is 1. The molecular weight excluding hydrogens is 192 g/mol. The summed E-state index contributed by atoms with van der Waals surface area (Å²) in [6.07, 6.45) is 0.950. The first-order chi connectivity index (χ1) is 7.15. The summed E-state index contributed by atoms with van der Waals surface area (Å²) in [4.78, 5) is 11.8. The lowest BCUT2D eigenvalue weighted by atomic mass is 10.0. The monoisotopic (exact) mass is 214 g/mol. The van der Waals surface area contributed by atoms with Crippen LogP contribution in [0.3, 0.4) is 0 Å². The lowest BCUT2D eigenvalue weighted by molar-refractivity contribution is -0.125. The number of nitrogens with one attached hydrogen (secondary N) is 2. The van der Waals surface area contributed by atoms with E-state index in [4.69, 9.17) is 4.74 Å². The van der Waals surface area contributed by atoms with Crippen LogP contribution >= 0.6 is 0 Å². The third-order valence-corrected chi connectivity index (χ3v) is 2.94. The van der Waals surface area contributed by atoms with Gasteiger partial charge in [-0.25, -0.2) is 0 Å². The van der Waals surface area contributed by atoms with Gasteiger partial charge in [-0.3, -0.25) is 4.79 Å². The largest absolute Gasteiger partial charge is 0.384 e. The van der Waals surface area contributed by atoms with Crippen molar-refractivity contribution < 1.29 is 9.53 Å². The Morgan fingerprint density at radius 1 is 1.67 bits per heavy atom. The van der Waals surface area contributed by atoms with Crippen molar-refractivity contribution in [3.05, 3.63) is 0 Å². The normalized spacial score (nSPS) is 27.7. The highest BCUT2D eigenvalue weighted by atomic mass is 16.5. The first-order valence-electron chi connectivity index (χ1n) is 5.65. The second-order valence-corrected chi connectivity index (χ2v) is 4.44. The van der Waals surface area contributed by atoms with Crippen molar-refractivity contribution in [3.8, 4) is 0 Å². The Hall–Kier alpha value is -0.610. The maximum Gasteiger partial charge on any atom is 0.224 e. The van der Waals surface area contributed by atoms with Crippen LogP contribution in [0.4, 0.5) is 0 Å². The second-order valence-electron chi connectivity index (χ2n) is 4.44. The van der Waals surface area contributed by atoms with Crippen molar-refractivity contribution in [1.82, 2.24) is 10.6 Å². The van der Waals surface area contributed by atoms with Gasteiger partial charge in [0.2, 0.25) is 5.91 Å². The van der Waals surface area contributed by atoms with E-state index in [1.165, 1.54) is 0 Å². The minimum absolute atomic E-state index is 0.139. The minimum Gasteiger partial charge on any atom is -0.384 e. The summed E-state index contributed by atoms with van der Waals surface area (Å²) in [5.41, 5.74) is 0. The second kappa shape index (κ2) is 6.08. The van der Waals surface area contributed by atoms with Gasteiger partial charge in [0.05, 0.1) is 12.5 Å². The van der Waals surface area contributed by atoms with Crippen LogP contribution in [0.1, 0.15) is 20.3 Å². The molecule has 0 spiro atoms. The zero-order chi connectivity index (χ0) is 11.3. The van der Waals surface area contributed by atoms with Crippen LogP contribution in [0, 0.1) is 11.8 Å². The summed E-state index contributed by atoms with van der Waals surface area (Å²) in [6.45, 7) is 6.48. The molecule has 1 rings (SSSR count). The Morgan fingerprint density at radius 2 is 2.40 bits per heavy atom. The van der Waals surface area contributed by atoms with Gasteiger partial charge >= 0.3 is 0 Å². The lowest BCUT2D eigenvalue weighted by Crippen LogP contribution is -2.39. The Labute approximate surface area is 91.8 Å². The molecule has 0 aromatic carbocycles. The highest BCUT2D eigenvalue weighted by Gasteiger charge is 2.29. The van der Waals surface area contributed by atoms with Gasteiger partial charge in [-0.2, -0.15) is 0 Å². The van der Waals surface area contributed by atoms with Crippen molar-refractivity contribution in [2.24, 2.45) is 11.8 Å². The number of ether oxygens (including phenoxy) is 1. The highest BCUT2D eigenvalue weighted by molar-refractivity contribution is 5.79. The predicted molar refractivity (Wildman–Crippen MR) is 59.6 cm³/mol. The lowest BCUT2D eigenvalue weighted by Gasteiger charge is -2.17. The van der Waals surface area contributed by atoms with Gasteiger partial charge < -0.3 is 15.4 Å². The summed E-state index contributed by atoms with van der Waals surface area (Å²) in [5.74, 6) is 0.693. The smallest absolute Gasteiger partial charge is 0.224 e. The average molecular weight is 214 g/mol. The molecule has 3 unspecified atom stereocenters. The molecule has 1 fully saturated rings. The highest BCUT2D eigenvalue weighted by Crippen LogP contribution is 2.14. The summed E-state index contributed by atoms with van der Waals surface area (Å²) >= 11 is 0. The molecule has 0 saturated carbocycles. The van der Waals surface area contributed by atoms with Gasteiger partial charge in [-0.15, -0.1) is 0 Å². The van der Waals surface area contributed by atoms with Crippen molar-refractivity contribution in [2.45, 2.75) is 26.3 Å². The van der Waals surface area contributed by atoms with Crippen molar-refractivity contribution >= 4 is 5.91 Å². The molecule has 3 atom stereocenters. The van der Waals surface area contributed by atoms with E-state index in [1.54, 1.807) is 7.11 Å². The average Bonchev–Trinajstić information content (AvgIpc) is 2.61. The summed E-state index contributed by atoms with van der Waals surface area (Å²) in [5, 5.41) is 6.26. The fourth-order valence-corrected chi connectivity index (χ4v) is 1.97. The molecule has 0 aromatic rings. The topological polar surface area (TPSA) is 50.4 Å². The molecule has 1 saturated heterocycles. The van der Waals surface area contributed by atoms with Gasteiger partial charge in [0.15, 0.2) is 0 Å². The van der Waals surface area contributed by atoms with Crippen molar-refractivity contribution in [3.63, 3.8) is 0 Å². The van der Waals surface area contributed by atoms with Crippen molar-refractivity contribution in [2.75, 3.05) is 26.8 Å². The zero-order valence-corrected chi connectivity index (χ0v) is 9.88. The summed E-state index contributed by atoms with van der Waals surface area (Å²) in [6, 6.07) is 0.308. The molecule has 0 radical (unpaired) electrons. The fraction of sp³-hybridized carbons (Fsp3) is 0.909. The predicted octanol–water partition coefficient (Wildman–Crippen LogP) is 0.383. The Kier molecular flexibility index (Phi) is 5.05. The van der Waals surface area contributed by atoms with E-state index >= 15 is 0 Å². The molecule has 15 heavy (non-hydrogen) atoms. The van der Waals surface area contributed by atoms with Crippen LogP contribution in [0.2, 0.25) is 0 Å². The van der Waals surface area contributed by atoms with Crippen molar-refractivity contribution in [1.29, 1.82) is 0 Å². The number of carbonyl (C=O) groups excluding carboxylic acids is 1. The van der Waals surface area contributed by atoms with E-state index < -0.39 is 0 Å². The van der Waals surface area contributed by atoms with E-state index in [2.05, 4.69) is 24.5 Å². The molecule has 1 heterocycles. The molecule has 1 aliphatic rings. The molecule has 4 nitrogen and oxygen atoms in total. The van der Waals surface area contributed by atoms with E-state index in [0.29, 0.717) is 25.1 Å². The summed E-state index contributed by atoms with van der Waals surface area (Å²) < 4.78 is 5.02. The van der Waals surface area contributed by atoms with Gasteiger partial charge in [0.1, 0.15) is 0 Å². The number of hydrogen-bond acceptors (Lipinski definition) is 3. The van der Waals surface area contributed by atoms with E-state index in [1.807, 2.05) is 0 Å². The molecular formula is C11H22N2O2. The van der Waals surface area contributed by atoms with Crippen LogP contribution in [-0.4, -0.2) is 38.8 Å². The molecule has 1 aliphatic heterocycles. The number of carbonyl (C=O) groups is 1. The molecule has 1 amide bonds. The van der Waals surface area contributed by atoms with E-state index in [9.17, 15) is 4.79 Å². The van der Waals surface area contributed by atoms with Gasteiger partial charge in [-0.1, -0.05) is 6.92 Å². The molecule has 0 aromatic heterocycles. The summed E-state index contributed by atoms with van der Waals surface area (Å²) in [7, 11) is 1.68. The fourth-order valence-electron chi connectivity index (χ4n) is 1.97. The molecule has 4 heteroatoms. The quantitative estimate of drug-likeness (QED) is 0.696. The molecule has 88 valence electrons. The number of hydrogen-bond donors (Lipinski definition) is 2. The Morgan fingerprint density at radius 3 is 2.93 bits per heavy atom. The van der Waals surface area contributed by atoms with Gasteiger partial charge in [0.25, 0.3) is 0 Å². The third-order valence-electron chi connectivity index (χ3n) is 2.94. The first kappa shape index (κ1) is 12.5. The number of methoxy groups -OCH3 is 1. The van der Waals surface area contributed by atoms with Gasteiger partial charge in [-0.05, 0) is 25.8 Å². The van der Waals surface area contributed by atoms with Crippen LogP contribution < -0.4 is 10.6 Å². The molecule has 0 bridgehead atoms. The third kappa shape index (κ3) is 3.80. The van der Waals surface area contributed by atoms with E-state index in [-0.39, 0.29) is 11.8 Å². The maximum atomic E-state index is 11.8.